The Morgan fingerprint density at radius 2 is 1.26 bits per heavy atom. The fraction of sp³-hybridized carbons (Fsp3) is 0.104. The Balaban J connectivity index is 0.000000209. The minimum atomic E-state index is -2.14. The summed E-state index contributed by atoms with van der Waals surface area (Å²) >= 11 is 0. The van der Waals surface area contributed by atoms with Crippen molar-refractivity contribution in [1.82, 2.24) is 14.5 Å². The van der Waals surface area contributed by atoms with Gasteiger partial charge in [-0.25, -0.2) is 0 Å². The molecule has 4 nitrogen and oxygen atoms in total. The summed E-state index contributed by atoms with van der Waals surface area (Å²) < 4.78 is 55.2. The number of imidazole rings is 1. The van der Waals surface area contributed by atoms with Crippen LogP contribution in [0, 0.1) is 24.8 Å². The molecule has 0 spiro atoms. The summed E-state index contributed by atoms with van der Waals surface area (Å²) in [6.45, 7) is 8.44. The molecule has 3 heterocycles. The third kappa shape index (κ3) is 9.75. The monoisotopic (exact) mass is 1160 g/mol. The Morgan fingerprint density at radius 1 is 0.635 bits per heavy atom. The standard InChI is InChI=1S/C44H29N2O.C23H25FNSi.Ir/c1-29-22-24-30(25-23-29)33-26-27-36-37-18-11-19-38(43(37)47-41(36)28-33)44-45-39-20-8-9-21-40(39)46(44)42-34(31-12-4-2-5-13-31)16-10-17-35(42)32-14-6-3-7-15-32;1-16(2)19-14-22(25-15-23(19)26(3,4)5)18-11-12-21(24)20(13-18)17-9-7-6-8-10-17;/h2-18,20-28H,1H3;6-10,12-16H,1-5H3;/q2*-1;/i1D3;16D;. The summed E-state index contributed by atoms with van der Waals surface area (Å²) in [4.78, 5) is 9.92. The van der Waals surface area contributed by atoms with Gasteiger partial charge in [-0.15, -0.1) is 42.0 Å². The van der Waals surface area contributed by atoms with E-state index in [4.69, 9.17) is 14.9 Å². The van der Waals surface area contributed by atoms with Gasteiger partial charge >= 0.3 is 0 Å². The van der Waals surface area contributed by atoms with E-state index in [1.165, 1.54) is 11.3 Å². The smallest absolute Gasteiger partial charge is 0.121 e. The average molecular weight is 1160 g/mol. The van der Waals surface area contributed by atoms with Crippen LogP contribution in [0.2, 0.25) is 19.6 Å². The number of fused-ring (bicyclic) bond motifs is 4. The number of rotatable bonds is 9. The van der Waals surface area contributed by atoms with Gasteiger partial charge in [0.05, 0.1) is 36.2 Å². The number of aryl methyl sites for hydroxylation is 1. The molecule has 3 aromatic heterocycles. The molecule has 7 heteroatoms. The normalized spacial score (nSPS) is 12.6. The molecule has 9 aromatic carbocycles. The van der Waals surface area contributed by atoms with Gasteiger partial charge in [0.15, 0.2) is 0 Å². The van der Waals surface area contributed by atoms with Gasteiger partial charge in [-0.3, -0.25) is 9.37 Å². The molecule has 0 aliphatic heterocycles. The molecule has 0 fully saturated rings. The van der Waals surface area contributed by atoms with Crippen LogP contribution in [-0.2, 0) is 20.1 Å². The second-order valence-corrected chi connectivity index (χ2v) is 24.6. The van der Waals surface area contributed by atoms with Crippen LogP contribution in [0.1, 0.15) is 36.4 Å². The molecule has 0 unspecified atom stereocenters. The zero-order chi connectivity index (χ0) is 53.6. The van der Waals surface area contributed by atoms with E-state index in [1.54, 1.807) is 18.2 Å². The van der Waals surface area contributed by atoms with Crippen molar-refractivity contribution >= 4 is 46.2 Å². The maximum absolute atomic E-state index is 14.4. The second-order valence-electron chi connectivity index (χ2n) is 19.5. The van der Waals surface area contributed by atoms with Crippen LogP contribution >= 0.6 is 0 Å². The Kier molecular flexibility index (Phi) is 12.7. The topological polar surface area (TPSA) is 43.9 Å². The fourth-order valence-electron chi connectivity index (χ4n) is 9.73. The van der Waals surface area contributed by atoms with Gasteiger partial charge in [0.25, 0.3) is 0 Å². The van der Waals surface area contributed by atoms with Crippen LogP contribution < -0.4 is 5.19 Å². The number of halogens is 1. The summed E-state index contributed by atoms with van der Waals surface area (Å²) in [5.74, 6) is -0.295. The summed E-state index contributed by atoms with van der Waals surface area (Å²) in [6.07, 6.45) is 1.91. The van der Waals surface area contributed by atoms with E-state index in [1.807, 2.05) is 111 Å². The summed E-state index contributed by atoms with van der Waals surface area (Å²) in [5.41, 5.74) is 15.4. The molecule has 0 aliphatic carbocycles. The van der Waals surface area contributed by atoms with Crippen molar-refractivity contribution in [3.05, 3.63) is 242 Å². The molecule has 0 saturated carbocycles. The van der Waals surface area contributed by atoms with Gasteiger partial charge in [-0.1, -0.05) is 225 Å². The number of hydrogen-bond donors (Lipinski definition) is 0. The van der Waals surface area contributed by atoms with Crippen LogP contribution in [0.15, 0.2) is 217 Å². The number of benzene rings is 9. The van der Waals surface area contributed by atoms with E-state index in [0.717, 1.165) is 100 Å². The molecule has 12 rings (SSSR count). The average Bonchev–Trinajstić information content (AvgIpc) is 4.09. The Bertz CT molecular complexity index is 4050. The van der Waals surface area contributed by atoms with Crippen LogP contribution in [0.4, 0.5) is 4.39 Å². The van der Waals surface area contributed by atoms with Crippen LogP contribution in [-0.4, -0.2) is 22.6 Å². The number of pyridine rings is 1. The van der Waals surface area contributed by atoms with Crippen LogP contribution in [0.3, 0.4) is 0 Å². The van der Waals surface area contributed by atoms with E-state index in [0.29, 0.717) is 16.7 Å². The first-order valence-corrected chi connectivity index (χ1v) is 28.0. The van der Waals surface area contributed by atoms with E-state index >= 15 is 0 Å². The number of nitrogens with zero attached hydrogens (tertiary/aromatic N) is 3. The third-order valence-corrected chi connectivity index (χ3v) is 15.4. The molecule has 0 saturated heterocycles. The van der Waals surface area contributed by atoms with Crippen molar-refractivity contribution in [2.75, 3.05) is 0 Å². The van der Waals surface area contributed by atoms with Crippen LogP contribution in [0.25, 0.3) is 106 Å². The van der Waals surface area contributed by atoms with Crippen molar-refractivity contribution in [2.24, 2.45) is 0 Å². The number of furan rings is 1. The van der Waals surface area contributed by atoms with Crippen molar-refractivity contribution in [3.63, 3.8) is 0 Å². The number of hydrogen-bond acceptors (Lipinski definition) is 3. The Morgan fingerprint density at radius 3 is 1.89 bits per heavy atom. The van der Waals surface area contributed by atoms with E-state index in [-0.39, 0.29) is 25.9 Å². The van der Waals surface area contributed by atoms with Crippen LogP contribution in [0.5, 0.6) is 0 Å². The number of aromatic nitrogens is 3. The Labute approximate surface area is 453 Å². The van der Waals surface area contributed by atoms with Gasteiger partial charge in [0.1, 0.15) is 5.58 Å². The first-order chi connectivity index (χ1) is 37.0. The van der Waals surface area contributed by atoms with E-state index in [2.05, 4.69) is 132 Å². The molecule has 0 atom stereocenters. The molecular weight excluding hydrogens is 1100 g/mol. The fourth-order valence-corrected chi connectivity index (χ4v) is 11.3. The van der Waals surface area contributed by atoms with E-state index < -0.39 is 20.8 Å². The molecule has 365 valence electrons. The number of para-hydroxylation sites is 3. The molecular formula is C67H54FIrN3OSi-2. The van der Waals surface area contributed by atoms with Gasteiger partial charge in [0.2, 0.25) is 0 Å². The molecule has 0 bridgehead atoms. The minimum absolute atomic E-state index is 0. The van der Waals surface area contributed by atoms with Gasteiger partial charge in [-0.2, -0.15) is 0 Å². The zero-order valence-electron chi connectivity index (χ0n) is 45.7. The van der Waals surface area contributed by atoms with E-state index in [9.17, 15) is 4.39 Å². The summed E-state index contributed by atoms with van der Waals surface area (Å²) in [5, 5.41) is 3.14. The van der Waals surface area contributed by atoms with Crippen molar-refractivity contribution in [2.45, 2.75) is 46.2 Å². The molecule has 1 radical (unpaired) electrons. The predicted molar refractivity (Wildman–Crippen MR) is 305 cm³/mol. The predicted octanol–water partition coefficient (Wildman–Crippen LogP) is 17.7. The SMILES string of the molecule is [2H]C(C)(C)c1cc(-c2[c-]cc(F)c(-c3ccccc3)c2)ncc1[Si](C)(C)C.[2H]C([2H])([2H])c1ccc(-c2ccc3c(c2)oc2c(-c4nc5ccccc5n4-c4c(-c5ccccc5)cccc4-c4ccccc4)[c-]ccc23)cc1.[Ir]. The zero-order valence-corrected chi connectivity index (χ0v) is 45.1. The minimum Gasteiger partial charge on any atom is -0.501 e. The van der Waals surface area contributed by atoms with Crippen molar-refractivity contribution < 1.29 is 34.4 Å². The molecule has 0 amide bonds. The van der Waals surface area contributed by atoms with Crippen molar-refractivity contribution in [3.8, 4) is 72.8 Å². The largest absolute Gasteiger partial charge is 0.501 e. The first kappa shape index (κ1) is 44.9. The molecule has 74 heavy (non-hydrogen) atoms. The molecule has 0 aliphatic rings. The van der Waals surface area contributed by atoms with Crippen molar-refractivity contribution in [1.29, 1.82) is 0 Å². The third-order valence-electron chi connectivity index (χ3n) is 13.4. The Hall–Kier alpha value is -7.80. The molecule has 12 aromatic rings. The summed E-state index contributed by atoms with van der Waals surface area (Å²) in [7, 11) is -1.64. The maximum atomic E-state index is 14.4. The van der Waals surface area contributed by atoms with Gasteiger partial charge in [-0.05, 0) is 69.6 Å². The molecule has 0 N–H and O–H groups in total. The quantitative estimate of drug-likeness (QED) is 0.107. The second kappa shape index (κ2) is 21.0. The maximum Gasteiger partial charge on any atom is 0.121 e. The van der Waals surface area contributed by atoms with Gasteiger partial charge in [0, 0.05) is 54.1 Å². The summed E-state index contributed by atoms with van der Waals surface area (Å²) in [6, 6.07) is 73.9. The van der Waals surface area contributed by atoms with Gasteiger partial charge < -0.3 is 14.0 Å². The first-order valence-electron chi connectivity index (χ1n) is 26.5.